The van der Waals surface area contributed by atoms with Gasteiger partial charge in [0.15, 0.2) is 0 Å². The molecule has 3 aliphatic rings. The first-order valence-corrected chi connectivity index (χ1v) is 12.8. The van der Waals surface area contributed by atoms with E-state index in [0.717, 1.165) is 24.2 Å². The number of carbonyl (C=O) groups excluding carboxylic acids is 1. The van der Waals surface area contributed by atoms with Crippen molar-refractivity contribution in [2.45, 2.75) is 51.1 Å². The van der Waals surface area contributed by atoms with Crippen LogP contribution in [0.25, 0.3) is 0 Å². The van der Waals surface area contributed by atoms with Crippen molar-refractivity contribution in [3.8, 4) is 5.88 Å². The summed E-state index contributed by atoms with van der Waals surface area (Å²) in [5, 5.41) is 6.25. The minimum absolute atomic E-state index is 0.0253. The lowest BCUT2D eigenvalue weighted by Gasteiger charge is -2.35. The molecule has 0 spiro atoms. The van der Waals surface area contributed by atoms with Crippen LogP contribution in [-0.2, 0) is 16.9 Å². The van der Waals surface area contributed by atoms with Crippen LogP contribution in [0, 0.1) is 17.8 Å². The summed E-state index contributed by atoms with van der Waals surface area (Å²) < 4.78 is 51.3. The zero-order valence-electron chi connectivity index (χ0n) is 21.1. The van der Waals surface area contributed by atoms with Gasteiger partial charge in [-0.25, -0.2) is 4.79 Å². The second kappa shape index (κ2) is 10.0. The van der Waals surface area contributed by atoms with Gasteiger partial charge < -0.3 is 25.0 Å². The molecule has 2 saturated heterocycles. The van der Waals surface area contributed by atoms with Crippen molar-refractivity contribution in [1.82, 2.24) is 15.6 Å². The van der Waals surface area contributed by atoms with Gasteiger partial charge in [-0.3, -0.25) is 0 Å². The molecule has 0 bridgehead atoms. The number of alkyl carbamates (subject to hydrolysis) is 1. The molecule has 1 unspecified atom stereocenters. The fourth-order valence-corrected chi connectivity index (χ4v) is 5.27. The van der Waals surface area contributed by atoms with Crippen LogP contribution in [0.2, 0.25) is 0 Å². The zero-order valence-corrected chi connectivity index (χ0v) is 21.1. The van der Waals surface area contributed by atoms with E-state index in [0.29, 0.717) is 23.5 Å². The number of aromatic nitrogens is 1. The first-order chi connectivity index (χ1) is 17.6. The van der Waals surface area contributed by atoms with Crippen LogP contribution < -0.4 is 20.3 Å². The van der Waals surface area contributed by atoms with Gasteiger partial charge in [-0.15, -0.1) is 0 Å². The topological polar surface area (TPSA) is 75.7 Å². The summed E-state index contributed by atoms with van der Waals surface area (Å²) in [5.74, 6) is 0.603. The molecule has 2 N–H and O–H groups in total. The van der Waals surface area contributed by atoms with Gasteiger partial charge in [0, 0.05) is 44.1 Å². The minimum Gasteiger partial charge on any atom is -0.474 e. The minimum atomic E-state index is -4.18. The van der Waals surface area contributed by atoms with Crippen molar-refractivity contribution < 1.29 is 27.4 Å². The molecule has 1 aromatic heterocycles. The van der Waals surface area contributed by atoms with Crippen LogP contribution in [-0.4, -0.2) is 49.5 Å². The lowest BCUT2D eigenvalue weighted by molar-refractivity contribution is -0.179. The summed E-state index contributed by atoms with van der Waals surface area (Å²) in [6.07, 6.45) is -4.61. The van der Waals surface area contributed by atoms with Crippen LogP contribution in [0.3, 0.4) is 0 Å². The van der Waals surface area contributed by atoms with Crippen LogP contribution in [0.15, 0.2) is 42.5 Å². The Morgan fingerprint density at radius 1 is 1.11 bits per heavy atom. The molecule has 3 fully saturated rings. The molecule has 1 saturated carbocycles. The Hall–Kier alpha value is -3.01. The van der Waals surface area contributed by atoms with Gasteiger partial charge in [0.2, 0.25) is 5.88 Å². The maximum atomic E-state index is 13.2. The number of halogens is 3. The van der Waals surface area contributed by atoms with Gasteiger partial charge >= 0.3 is 12.3 Å². The first kappa shape index (κ1) is 25.6. The molecule has 3 atom stereocenters. The number of pyridine rings is 1. The number of carbonyl (C=O) groups is 1. The summed E-state index contributed by atoms with van der Waals surface area (Å²) >= 11 is 0. The molecule has 1 amide bonds. The van der Waals surface area contributed by atoms with E-state index in [1.807, 2.05) is 61.2 Å². The van der Waals surface area contributed by atoms with Crippen molar-refractivity contribution in [2.24, 2.45) is 17.8 Å². The quantitative estimate of drug-likeness (QED) is 0.557. The molecule has 5 rings (SSSR count). The number of fused-ring (bicyclic) bond motifs is 1. The molecule has 2 aliphatic heterocycles. The van der Waals surface area contributed by atoms with Crippen LogP contribution in [0.5, 0.6) is 5.88 Å². The van der Waals surface area contributed by atoms with Gasteiger partial charge in [0.1, 0.15) is 18.5 Å². The van der Waals surface area contributed by atoms with Crippen molar-refractivity contribution >= 4 is 11.9 Å². The molecular formula is C27H33F3N4O3. The smallest absolute Gasteiger partial charge is 0.408 e. The number of hydrogen-bond acceptors (Lipinski definition) is 6. The molecule has 37 heavy (non-hydrogen) atoms. The first-order valence-electron chi connectivity index (χ1n) is 12.8. The average molecular weight is 519 g/mol. The molecule has 7 nitrogen and oxygen atoms in total. The third-order valence-corrected chi connectivity index (χ3v) is 7.69. The average Bonchev–Trinajstić information content (AvgIpc) is 3.27. The SMILES string of the molecule is CC(C)(NC(=O)OCc1ccccc1)c1cc(OC2[C@H]3CNC[C@@H]23)nc(N2CCC(C(F)(F)F)CC2)c1. The summed E-state index contributed by atoms with van der Waals surface area (Å²) in [6.45, 7) is 6.18. The third kappa shape index (κ3) is 5.95. The summed E-state index contributed by atoms with van der Waals surface area (Å²) in [4.78, 5) is 19.2. The highest BCUT2D eigenvalue weighted by Gasteiger charge is 2.55. The number of ether oxygens (including phenoxy) is 2. The van der Waals surface area contributed by atoms with Gasteiger partial charge in [-0.1, -0.05) is 30.3 Å². The van der Waals surface area contributed by atoms with E-state index < -0.39 is 23.7 Å². The summed E-state index contributed by atoms with van der Waals surface area (Å²) in [7, 11) is 0. The van der Waals surface area contributed by atoms with Gasteiger partial charge in [-0.05, 0) is 43.9 Å². The molecule has 1 aromatic carbocycles. The highest BCUT2D eigenvalue weighted by Crippen LogP contribution is 2.45. The van der Waals surface area contributed by atoms with Crippen molar-refractivity contribution in [3.63, 3.8) is 0 Å². The molecule has 1 aliphatic carbocycles. The zero-order chi connectivity index (χ0) is 26.2. The number of alkyl halides is 3. The molecular weight excluding hydrogens is 485 g/mol. The number of amides is 1. The maximum Gasteiger partial charge on any atom is 0.408 e. The van der Waals surface area contributed by atoms with Gasteiger partial charge in [-0.2, -0.15) is 18.2 Å². The number of nitrogens with zero attached hydrogens (tertiary/aromatic N) is 2. The standard InChI is InChI=1S/C27H33F3N4O3/c1-26(2,33-25(35)36-16-17-6-4-3-5-7-17)19-12-22(34-10-8-18(9-11-34)27(28,29)30)32-23(13-19)37-24-20-14-31-15-21(20)24/h3-7,12-13,18,20-21,24,31H,8-11,14-16H2,1-2H3,(H,33,35)/t20-,21+,24?. The normalized spacial score (nSPS) is 23.9. The summed E-state index contributed by atoms with van der Waals surface area (Å²) in [5.41, 5.74) is 0.782. The molecule has 0 radical (unpaired) electrons. The van der Waals surface area contributed by atoms with Crippen molar-refractivity contribution in [1.29, 1.82) is 0 Å². The fourth-order valence-electron chi connectivity index (χ4n) is 5.27. The Balaban J connectivity index is 1.32. The van der Waals surface area contributed by atoms with Crippen LogP contribution >= 0.6 is 0 Å². The Kier molecular flexibility index (Phi) is 6.95. The summed E-state index contributed by atoms with van der Waals surface area (Å²) in [6, 6.07) is 13.0. The number of nitrogens with one attached hydrogen (secondary N) is 2. The lowest BCUT2D eigenvalue weighted by Crippen LogP contribution is -2.42. The van der Waals surface area contributed by atoms with E-state index in [2.05, 4.69) is 15.6 Å². The predicted molar refractivity (Wildman–Crippen MR) is 132 cm³/mol. The number of anilines is 1. The molecule has 200 valence electrons. The fraction of sp³-hybridized carbons (Fsp3) is 0.556. The van der Waals surface area contributed by atoms with E-state index >= 15 is 0 Å². The maximum absolute atomic E-state index is 13.2. The largest absolute Gasteiger partial charge is 0.474 e. The van der Waals surface area contributed by atoms with Gasteiger partial charge in [0.25, 0.3) is 0 Å². The highest BCUT2D eigenvalue weighted by molar-refractivity contribution is 5.69. The van der Waals surface area contributed by atoms with Crippen molar-refractivity contribution in [2.75, 3.05) is 31.1 Å². The second-order valence-corrected chi connectivity index (χ2v) is 10.7. The van der Waals surface area contributed by atoms with E-state index in [1.165, 1.54) is 0 Å². The predicted octanol–water partition coefficient (Wildman–Crippen LogP) is 4.62. The Morgan fingerprint density at radius 3 is 2.43 bits per heavy atom. The number of rotatable bonds is 7. The lowest BCUT2D eigenvalue weighted by atomic mass is 9.94. The molecule has 3 heterocycles. The van der Waals surface area contributed by atoms with Gasteiger partial charge in [0.05, 0.1) is 11.5 Å². The highest BCUT2D eigenvalue weighted by atomic mass is 19.4. The van der Waals surface area contributed by atoms with Crippen LogP contribution in [0.1, 0.15) is 37.8 Å². The van der Waals surface area contributed by atoms with Crippen molar-refractivity contribution in [3.05, 3.63) is 53.6 Å². The second-order valence-electron chi connectivity index (χ2n) is 10.7. The van der Waals surface area contributed by atoms with E-state index in [4.69, 9.17) is 9.47 Å². The molecule has 2 aromatic rings. The van der Waals surface area contributed by atoms with Crippen LogP contribution in [0.4, 0.5) is 23.8 Å². The number of benzene rings is 1. The third-order valence-electron chi connectivity index (χ3n) is 7.69. The molecule has 10 heteroatoms. The van der Waals surface area contributed by atoms with E-state index in [9.17, 15) is 18.0 Å². The Morgan fingerprint density at radius 2 is 1.78 bits per heavy atom. The number of piperidine rings is 2. The van der Waals surface area contributed by atoms with E-state index in [-0.39, 0.29) is 38.6 Å². The Labute approximate surface area is 214 Å². The Bertz CT molecular complexity index is 1090. The monoisotopic (exact) mass is 518 g/mol. The number of hydrogen-bond donors (Lipinski definition) is 2. The van der Waals surface area contributed by atoms with E-state index in [1.54, 1.807) is 0 Å².